The van der Waals surface area contributed by atoms with Crippen LogP contribution in [-0.2, 0) is 0 Å². The molecule has 3 heteroatoms. The Balaban J connectivity index is 1.93. The Morgan fingerprint density at radius 2 is 2.38 bits per heavy atom. The van der Waals surface area contributed by atoms with Crippen molar-refractivity contribution in [2.24, 2.45) is 5.92 Å². The van der Waals surface area contributed by atoms with Crippen LogP contribution in [0, 0.1) is 5.92 Å². The summed E-state index contributed by atoms with van der Waals surface area (Å²) < 4.78 is 0. The van der Waals surface area contributed by atoms with Crippen LogP contribution < -0.4 is 5.32 Å². The largest absolute Gasteiger partial charge is 0.392 e. The van der Waals surface area contributed by atoms with Crippen LogP contribution in [0.15, 0.2) is 0 Å². The van der Waals surface area contributed by atoms with Gasteiger partial charge in [-0.2, -0.15) is 0 Å². The van der Waals surface area contributed by atoms with Gasteiger partial charge in [-0.15, -0.1) is 0 Å². The number of nitrogens with zero attached hydrogens (tertiary/aromatic N) is 1. The molecule has 3 nitrogen and oxygen atoms in total. The number of fused-ring (bicyclic) bond motifs is 1. The van der Waals surface area contributed by atoms with Gasteiger partial charge in [0.05, 0.1) is 6.10 Å². The van der Waals surface area contributed by atoms with Crippen molar-refractivity contribution in [2.45, 2.75) is 31.9 Å². The van der Waals surface area contributed by atoms with E-state index in [0.717, 1.165) is 19.0 Å². The summed E-state index contributed by atoms with van der Waals surface area (Å²) in [5.41, 5.74) is 0. The highest BCUT2D eigenvalue weighted by molar-refractivity contribution is 4.92. The number of hydrogen-bond acceptors (Lipinski definition) is 3. The Hall–Kier alpha value is -0.120. The van der Waals surface area contributed by atoms with Crippen molar-refractivity contribution in [1.29, 1.82) is 0 Å². The number of likely N-dealkylation sites (tertiary alicyclic amines) is 1. The SMILES string of the molecule is C[C@H](O)CN1CCCC2CNCC21. The van der Waals surface area contributed by atoms with Gasteiger partial charge in [-0.1, -0.05) is 0 Å². The zero-order chi connectivity index (χ0) is 9.26. The van der Waals surface area contributed by atoms with Gasteiger partial charge in [0.2, 0.25) is 0 Å². The topological polar surface area (TPSA) is 35.5 Å². The number of β-amino-alcohol motifs (C(OH)–C–C–N with tert-alkyl or cyclic N) is 1. The lowest BCUT2D eigenvalue weighted by Crippen LogP contribution is -2.47. The molecule has 0 aromatic carbocycles. The predicted molar refractivity (Wildman–Crippen MR) is 52.6 cm³/mol. The van der Waals surface area contributed by atoms with Crippen molar-refractivity contribution in [2.75, 3.05) is 26.2 Å². The number of rotatable bonds is 2. The third-order valence-electron chi connectivity index (χ3n) is 3.29. The number of nitrogens with one attached hydrogen (secondary N) is 1. The molecule has 13 heavy (non-hydrogen) atoms. The molecule has 0 radical (unpaired) electrons. The molecule has 0 aromatic heterocycles. The van der Waals surface area contributed by atoms with Crippen LogP contribution in [0.5, 0.6) is 0 Å². The standard InChI is InChI=1S/C10H20N2O/c1-8(13)7-12-4-2-3-9-5-11-6-10(9)12/h8-11,13H,2-7H2,1H3/t8-,9?,10?/m0/s1. The van der Waals surface area contributed by atoms with Crippen molar-refractivity contribution in [1.82, 2.24) is 10.2 Å². The molecule has 3 atom stereocenters. The van der Waals surface area contributed by atoms with Crippen LogP contribution in [0.2, 0.25) is 0 Å². The molecule has 76 valence electrons. The van der Waals surface area contributed by atoms with E-state index in [1.54, 1.807) is 0 Å². The Morgan fingerprint density at radius 1 is 1.54 bits per heavy atom. The molecule has 2 fully saturated rings. The van der Waals surface area contributed by atoms with Crippen molar-refractivity contribution in [3.05, 3.63) is 0 Å². The number of aliphatic hydroxyl groups is 1. The first kappa shape index (κ1) is 9.44. The average molecular weight is 184 g/mol. The van der Waals surface area contributed by atoms with E-state index in [9.17, 15) is 5.11 Å². The van der Waals surface area contributed by atoms with E-state index in [0.29, 0.717) is 6.04 Å². The summed E-state index contributed by atoms with van der Waals surface area (Å²) in [7, 11) is 0. The third-order valence-corrected chi connectivity index (χ3v) is 3.29. The summed E-state index contributed by atoms with van der Waals surface area (Å²) in [5, 5.41) is 12.8. The van der Waals surface area contributed by atoms with Crippen molar-refractivity contribution >= 4 is 0 Å². The minimum atomic E-state index is -0.181. The Morgan fingerprint density at radius 3 is 3.15 bits per heavy atom. The molecular weight excluding hydrogens is 164 g/mol. The third kappa shape index (κ3) is 2.03. The van der Waals surface area contributed by atoms with Crippen LogP contribution in [0.25, 0.3) is 0 Å². The molecule has 2 N–H and O–H groups in total. The fourth-order valence-corrected chi connectivity index (χ4v) is 2.73. The summed E-state index contributed by atoms with van der Waals surface area (Å²) in [6, 6.07) is 0.698. The summed E-state index contributed by atoms with van der Waals surface area (Å²) in [5.74, 6) is 0.840. The molecule has 2 heterocycles. The Labute approximate surface area is 80.1 Å². The molecule has 2 unspecified atom stereocenters. The highest BCUT2D eigenvalue weighted by atomic mass is 16.3. The highest BCUT2D eigenvalue weighted by Gasteiger charge is 2.34. The number of aliphatic hydroxyl groups excluding tert-OH is 1. The molecule has 0 amide bonds. The van der Waals surface area contributed by atoms with Crippen LogP contribution in [-0.4, -0.2) is 48.3 Å². The van der Waals surface area contributed by atoms with Gasteiger partial charge >= 0.3 is 0 Å². The number of piperidine rings is 1. The molecule has 2 rings (SSSR count). The Bertz CT molecular complexity index is 172. The second kappa shape index (κ2) is 3.95. The molecule has 2 aliphatic heterocycles. The average Bonchev–Trinajstić information content (AvgIpc) is 2.51. The van der Waals surface area contributed by atoms with E-state index >= 15 is 0 Å². The van der Waals surface area contributed by atoms with E-state index in [1.807, 2.05) is 6.92 Å². The van der Waals surface area contributed by atoms with Crippen LogP contribution in [0.1, 0.15) is 19.8 Å². The first-order chi connectivity index (χ1) is 6.27. The van der Waals surface area contributed by atoms with Crippen LogP contribution in [0.3, 0.4) is 0 Å². The van der Waals surface area contributed by atoms with E-state index in [-0.39, 0.29) is 6.10 Å². The first-order valence-electron chi connectivity index (χ1n) is 5.40. The van der Waals surface area contributed by atoms with Crippen molar-refractivity contribution < 1.29 is 5.11 Å². The van der Waals surface area contributed by atoms with Gasteiger partial charge in [-0.25, -0.2) is 0 Å². The van der Waals surface area contributed by atoms with Gasteiger partial charge in [0, 0.05) is 19.1 Å². The monoisotopic (exact) mass is 184 g/mol. The summed E-state index contributed by atoms with van der Waals surface area (Å²) in [4.78, 5) is 2.46. The fourth-order valence-electron chi connectivity index (χ4n) is 2.73. The molecule has 0 spiro atoms. The molecule has 2 saturated heterocycles. The van der Waals surface area contributed by atoms with E-state index in [2.05, 4.69) is 10.2 Å². The molecule has 2 aliphatic rings. The minimum absolute atomic E-state index is 0.181. The van der Waals surface area contributed by atoms with Gasteiger partial charge in [0.25, 0.3) is 0 Å². The van der Waals surface area contributed by atoms with Gasteiger partial charge in [0.1, 0.15) is 0 Å². The zero-order valence-electron chi connectivity index (χ0n) is 8.37. The lowest BCUT2D eigenvalue weighted by molar-refractivity contribution is 0.0655. The van der Waals surface area contributed by atoms with Gasteiger partial charge in [-0.3, -0.25) is 4.90 Å². The highest BCUT2D eigenvalue weighted by Crippen LogP contribution is 2.26. The second-order valence-electron chi connectivity index (χ2n) is 4.47. The lowest BCUT2D eigenvalue weighted by atomic mass is 9.92. The van der Waals surface area contributed by atoms with Crippen molar-refractivity contribution in [3.63, 3.8) is 0 Å². The summed E-state index contributed by atoms with van der Waals surface area (Å²) in [6.45, 7) is 6.21. The molecular formula is C10H20N2O. The summed E-state index contributed by atoms with van der Waals surface area (Å²) in [6.07, 6.45) is 2.49. The fraction of sp³-hybridized carbons (Fsp3) is 1.00. The van der Waals surface area contributed by atoms with E-state index < -0.39 is 0 Å². The molecule has 0 bridgehead atoms. The first-order valence-corrected chi connectivity index (χ1v) is 5.40. The number of hydrogen-bond donors (Lipinski definition) is 2. The van der Waals surface area contributed by atoms with Gasteiger partial charge in [0.15, 0.2) is 0 Å². The maximum atomic E-state index is 9.36. The van der Waals surface area contributed by atoms with Gasteiger partial charge in [-0.05, 0) is 38.8 Å². The Kier molecular flexibility index (Phi) is 2.86. The zero-order valence-corrected chi connectivity index (χ0v) is 8.37. The minimum Gasteiger partial charge on any atom is -0.392 e. The van der Waals surface area contributed by atoms with Crippen molar-refractivity contribution in [3.8, 4) is 0 Å². The lowest BCUT2D eigenvalue weighted by Gasteiger charge is -2.37. The van der Waals surface area contributed by atoms with Crippen LogP contribution in [0.4, 0.5) is 0 Å². The molecule has 0 aromatic rings. The smallest absolute Gasteiger partial charge is 0.0639 e. The van der Waals surface area contributed by atoms with Gasteiger partial charge < -0.3 is 10.4 Å². The molecule has 0 aliphatic carbocycles. The maximum Gasteiger partial charge on any atom is 0.0639 e. The van der Waals surface area contributed by atoms with E-state index in [4.69, 9.17) is 0 Å². The quantitative estimate of drug-likeness (QED) is 0.636. The normalized spacial score (nSPS) is 37.4. The second-order valence-corrected chi connectivity index (χ2v) is 4.47. The van der Waals surface area contributed by atoms with E-state index in [1.165, 1.54) is 25.9 Å². The maximum absolute atomic E-state index is 9.36. The van der Waals surface area contributed by atoms with Crippen LogP contribution >= 0.6 is 0 Å². The summed E-state index contributed by atoms with van der Waals surface area (Å²) >= 11 is 0. The predicted octanol–water partition coefficient (Wildman–Crippen LogP) is 0.0510. The molecule has 0 saturated carbocycles.